The van der Waals surface area contributed by atoms with E-state index >= 15 is 0 Å². The molecule has 0 N–H and O–H groups in total. The molecule has 0 fully saturated rings. The van der Waals surface area contributed by atoms with Crippen LogP contribution in [0.1, 0.15) is 6.42 Å². The van der Waals surface area contributed by atoms with Crippen molar-refractivity contribution in [1.29, 1.82) is 0 Å². The molecule has 0 aliphatic heterocycles. The van der Waals surface area contributed by atoms with Crippen LogP contribution in [-0.4, -0.2) is 12.3 Å². The number of rotatable bonds is 8. The normalized spacial score (nSPS) is 10.7. The second kappa shape index (κ2) is 12.2. The molecule has 0 heterocycles. The summed E-state index contributed by atoms with van der Waals surface area (Å²) in [4.78, 5) is 0. The molecule has 0 aliphatic carbocycles. The molecule has 3 heteroatoms. The monoisotopic (exact) mass is 470 g/mol. The van der Waals surface area contributed by atoms with Gasteiger partial charge in [-0.15, -0.1) is 0 Å². The van der Waals surface area contributed by atoms with Crippen LogP contribution in [0.15, 0.2) is 121 Å². The standard InChI is InChI=1S/C27H26P2.Ni/c1-5-14-24(15-6-1)28(25-16-7-2-8-17-25)22-13-23-29(26-18-9-3-10-19-26)27-20-11-4-12-21-27;/h1-12,14-21H,13,22-23H2;. The molecule has 0 atom stereocenters. The Hall–Kier alpha value is -1.77. The fraction of sp³-hybridized carbons (Fsp3) is 0.111. The average molecular weight is 471 g/mol. The summed E-state index contributed by atoms with van der Waals surface area (Å²) in [7, 11) is -0.618. The first-order chi connectivity index (χ1) is 14.4. The van der Waals surface area contributed by atoms with E-state index in [2.05, 4.69) is 121 Å². The van der Waals surface area contributed by atoms with Crippen molar-refractivity contribution in [1.82, 2.24) is 0 Å². The maximum absolute atomic E-state index is 2.30. The van der Waals surface area contributed by atoms with Gasteiger partial charge >= 0.3 is 0 Å². The Labute approximate surface area is 193 Å². The van der Waals surface area contributed by atoms with E-state index in [0.29, 0.717) is 0 Å². The van der Waals surface area contributed by atoms with Gasteiger partial charge in [0, 0.05) is 16.5 Å². The first-order valence-electron chi connectivity index (χ1n) is 10.2. The molecule has 0 saturated carbocycles. The summed E-state index contributed by atoms with van der Waals surface area (Å²) in [6.45, 7) is 0. The first kappa shape index (κ1) is 22.9. The minimum Gasteiger partial charge on any atom is -0.0622 e. The summed E-state index contributed by atoms with van der Waals surface area (Å²) in [6, 6.07) is 44.3. The summed E-state index contributed by atoms with van der Waals surface area (Å²) >= 11 is 0. The Balaban J connectivity index is 0.00000256. The zero-order valence-electron chi connectivity index (χ0n) is 16.9. The fourth-order valence-corrected chi connectivity index (χ4v) is 8.59. The maximum Gasteiger partial charge on any atom is 0 e. The van der Waals surface area contributed by atoms with E-state index in [4.69, 9.17) is 0 Å². The van der Waals surface area contributed by atoms with Crippen LogP contribution in [0, 0.1) is 0 Å². The second-order valence-corrected chi connectivity index (χ2v) is 11.7. The Morgan fingerprint density at radius 1 is 0.367 bits per heavy atom. The van der Waals surface area contributed by atoms with Gasteiger partial charge in [0.15, 0.2) is 0 Å². The third-order valence-electron chi connectivity index (χ3n) is 5.03. The smallest absolute Gasteiger partial charge is 0 e. The van der Waals surface area contributed by atoms with Crippen molar-refractivity contribution in [3.05, 3.63) is 121 Å². The summed E-state index contributed by atoms with van der Waals surface area (Å²) < 4.78 is 0. The molecule has 0 aromatic heterocycles. The van der Waals surface area contributed by atoms with Gasteiger partial charge in [-0.3, -0.25) is 0 Å². The van der Waals surface area contributed by atoms with Crippen LogP contribution in [-0.2, 0) is 16.5 Å². The van der Waals surface area contributed by atoms with E-state index in [9.17, 15) is 0 Å². The van der Waals surface area contributed by atoms with Gasteiger partial charge in [0.05, 0.1) is 0 Å². The molecule has 154 valence electrons. The number of hydrogen-bond donors (Lipinski definition) is 0. The average Bonchev–Trinajstić information content (AvgIpc) is 2.81. The third-order valence-corrected chi connectivity index (χ3v) is 10.2. The molecule has 4 aromatic rings. The summed E-state index contributed by atoms with van der Waals surface area (Å²) in [5.74, 6) is 0. The Kier molecular flexibility index (Phi) is 9.30. The summed E-state index contributed by atoms with van der Waals surface area (Å²) in [5.41, 5.74) is 0. The number of hydrogen-bond acceptors (Lipinski definition) is 0. The van der Waals surface area contributed by atoms with E-state index < -0.39 is 0 Å². The quantitative estimate of drug-likeness (QED) is 0.231. The minimum absolute atomic E-state index is 0. The van der Waals surface area contributed by atoms with Crippen molar-refractivity contribution in [2.24, 2.45) is 0 Å². The van der Waals surface area contributed by atoms with E-state index in [0.717, 1.165) is 0 Å². The second-order valence-electron chi connectivity index (χ2n) is 7.00. The van der Waals surface area contributed by atoms with Gasteiger partial charge in [-0.2, -0.15) is 0 Å². The van der Waals surface area contributed by atoms with Crippen LogP contribution in [0.4, 0.5) is 0 Å². The van der Waals surface area contributed by atoms with Crippen LogP contribution in [0.2, 0.25) is 0 Å². The zero-order valence-corrected chi connectivity index (χ0v) is 19.7. The molecule has 30 heavy (non-hydrogen) atoms. The Morgan fingerprint density at radius 2 is 0.600 bits per heavy atom. The molecule has 0 bridgehead atoms. The molecule has 4 aromatic carbocycles. The van der Waals surface area contributed by atoms with Crippen LogP contribution >= 0.6 is 15.8 Å². The van der Waals surface area contributed by atoms with Crippen molar-refractivity contribution >= 4 is 37.1 Å². The first-order valence-corrected chi connectivity index (χ1v) is 13.2. The van der Waals surface area contributed by atoms with Crippen molar-refractivity contribution < 1.29 is 16.5 Å². The molecule has 0 amide bonds. The Bertz CT molecular complexity index is 814. The van der Waals surface area contributed by atoms with Crippen LogP contribution in [0.25, 0.3) is 0 Å². The maximum atomic E-state index is 2.30. The van der Waals surface area contributed by atoms with E-state index in [1.807, 2.05) is 0 Å². The van der Waals surface area contributed by atoms with E-state index in [1.54, 1.807) is 0 Å². The van der Waals surface area contributed by atoms with E-state index in [-0.39, 0.29) is 32.3 Å². The van der Waals surface area contributed by atoms with Gasteiger partial charge in [0.25, 0.3) is 0 Å². The van der Waals surface area contributed by atoms with Crippen molar-refractivity contribution in [2.75, 3.05) is 12.3 Å². The summed E-state index contributed by atoms with van der Waals surface area (Å²) in [6.07, 6.45) is 3.72. The largest absolute Gasteiger partial charge is 0.0622 e. The molecule has 0 spiro atoms. The van der Waals surface area contributed by atoms with Crippen molar-refractivity contribution in [3.8, 4) is 0 Å². The molecule has 0 nitrogen and oxygen atoms in total. The Morgan fingerprint density at radius 3 is 0.833 bits per heavy atom. The molecular formula is C27H26NiP2. The SMILES string of the molecule is [Ni].c1ccc(P(CCCP(c2ccccc2)c2ccccc2)c2ccccc2)cc1. The van der Waals surface area contributed by atoms with Crippen LogP contribution in [0.5, 0.6) is 0 Å². The van der Waals surface area contributed by atoms with Gasteiger partial charge < -0.3 is 0 Å². The molecule has 0 unspecified atom stereocenters. The van der Waals surface area contributed by atoms with Gasteiger partial charge in [0.1, 0.15) is 0 Å². The molecule has 0 radical (unpaired) electrons. The van der Waals surface area contributed by atoms with Gasteiger partial charge in [-0.05, 0) is 55.8 Å². The predicted molar refractivity (Wildman–Crippen MR) is 132 cm³/mol. The van der Waals surface area contributed by atoms with Crippen molar-refractivity contribution in [3.63, 3.8) is 0 Å². The third kappa shape index (κ3) is 6.12. The number of benzene rings is 4. The van der Waals surface area contributed by atoms with E-state index in [1.165, 1.54) is 40.0 Å². The van der Waals surface area contributed by atoms with Gasteiger partial charge in [-0.1, -0.05) is 121 Å². The molecular weight excluding hydrogens is 445 g/mol. The topological polar surface area (TPSA) is 0 Å². The van der Waals surface area contributed by atoms with Crippen LogP contribution < -0.4 is 21.2 Å². The van der Waals surface area contributed by atoms with Gasteiger partial charge in [0.2, 0.25) is 0 Å². The predicted octanol–water partition coefficient (Wildman–Crippen LogP) is 5.64. The molecule has 4 rings (SSSR count). The summed E-state index contributed by atoms with van der Waals surface area (Å²) in [5, 5.41) is 5.94. The fourth-order valence-electron chi connectivity index (χ4n) is 3.63. The van der Waals surface area contributed by atoms with Crippen LogP contribution in [0.3, 0.4) is 0 Å². The minimum atomic E-state index is -0.309. The van der Waals surface area contributed by atoms with Gasteiger partial charge in [-0.25, -0.2) is 0 Å². The van der Waals surface area contributed by atoms with Crippen molar-refractivity contribution in [2.45, 2.75) is 6.42 Å². The molecule has 0 saturated heterocycles. The zero-order chi connectivity index (χ0) is 19.7. The molecule has 0 aliphatic rings.